The molecular formula is C16H18N2O3. The molecule has 5 nitrogen and oxygen atoms in total. The van der Waals surface area contributed by atoms with Gasteiger partial charge in [-0.05, 0) is 49.4 Å². The van der Waals surface area contributed by atoms with Crippen LogP contribution in [-0.2, 0) is 0 Å². The highest BCUT2D eigenvalue weighted by Gasteiger charge is 2.08. The first-order chi connectivity index (χ1) is 10.1. The van der Waals surface area contributed by atoms with Crippen LogP contribution in [0.15, 0.2) is 42.5 Å². The van der Waals surface area contributed by atoms with Crippen molar-refractivity contribution in [3.63, 3.8) is 0 Å². The van der Waals surface area contributed by atoms with E-state index in [0.29, 0.717) is 29.4 Å². The van der Waals surface area contributed by atoms with Crippen LogP contribution >= 0.6 is 0 Å². The van der Waals surface area contributed by atoms with Gasteiger partial charge in [-0.15, -0.1) is 0 Å². The number of nitrogen functional groups attached to an aromatic ring is 1. The monoisotopic (exact) mass is 286 g/mol. The maximum absolute atomic E-state index is 11.6. The zero-order chi connectivity index (χ0) is 15.2. The average molecular weight is 286 g/mol. The number of rotatable bonds is 5. The second kappa shape index (κ2) is 6.65. The minimum absolute atomic E-state index is 0.188. The average Bonchev–Trinajstić information content (AvgIpc) is 2.51. The van der Waals surface area contributed by atoms with E-state index in [9.17, 15) is 4.79 Å². The molecule has 0 atom stereocenters. The van der Waals surface area contributed by atoms with E-state index in [2.05, 4.69) is 5.32 Å². The van der Waals surface area contributed by atoms with Crippen molar-refractivity contribution >= 4 is 11.6 Å². The Hall–Kier alpha value is -2.69. The molecule has 0 aliphatic heterocycles. The molecule has 0 aliphatic rings. The molecule has 0 radical (unpaired) electrons. The number of carbonyl (C=O) groups is 1. The summed E-state index contributed by atoms with van der Waals surface area (Å²) in [6.45, 7) is 2.54. The van der Waals surface area contributed by atoms with Gasteiger partial charge in [0.25, 0.3) is 5.91 Å². The van der Waals surface area contributed by atoms with Crippen LogP contribution < -0.4 is 20.5 Å². The van der Waals surface area contributed by atoms with Gasteiger partial charge in [-0.1, -0.05) is 0 Å². The van der Waals surface area contributed by atoms with Gasteiger partial charge in [0.05, 0.1) is 12.3 Å². The molecule has 2 rings (SSSR count). The summed E-state index contributed by atoms with van der Waals surface area (Å²) in [6.07, 6.45) is 0. The van der Waals surface area contributed by atoms with E-state index in [0.717, 1.165) is 5.75 Å². The number of hydrogen-bond donors (Lipinski definition) is 2. The van der Waals surface area contributed by atoms with E-state index < -0.39 is 0 Å². The van der Waals surface area contributed by atoms with E-state index in [1.54, 1.807) is 37.4 Å². The second-order valence-corrected chi connectivity index (χ2v) is 4.34. The van der Waals surface area contributed by atoms with Gasteiger partial charge in [-0.25, -0.2) is 0 Å². The van der Waals surface area contributed by atoms with Crippen molar-refractivity contribution in [3.8, 4) is 17.2 Å². The van der Waals surface area contributed by atoms with Crippen molar-refractivity contribution in [2.24, 2.45) is 0 Å². The minimum atomic E-state index is -0.188. The first-order valence-electron chi connectivity index (χ1n) is 6.66. The molecule has 0 aromatic heterocycles. The Bertz CT molecular complexity index is 624. The normalized spacial score (nSPS) is 10.0. The summed E-state index contributed by atoms with van der Waals surface area (Å²) in [7, 11) is 1.58. The predicted molar refractivity (Wildman–Crippen MR) is 81.9 cm³/mol. The predicted octanol–water partition coefficient (Wildman–Crippen LogP) is 2.82. The van der Waals surface area contributed by atoms with Gasteiger partial charge in [0, 0.05) is 12.6 Å². The number of hydrogen-bond acceptors (Lipinski definition) is 4. The van der Waals surface area contributed by atoms with Gasteiger partial charge in [0.1, 0.15) is 11.5 Å². The highest BCUT2D eigenvalue weighted by Crippen LogP contribution is 2.29. The summed E-state index contributed by atoms with van der Waals surface area (Å²) in [5.74, 6) is 1.66. The summed E-state index contributed by atoms with van der Waals surface area (Å²) in [5.41, 5.74) is 6.84. The van der Waals surface area contributed by atoms with Crippen LogP contribution in [0.3, 0.4) is 0 Å². The number of nitrogens with two attached hydrogens (primary N) is 1. The molecule has 0 bridgehead atoms. The minimum Gasteiger partial charge on any atom is -0.494 e. The Kier molecular flexibility index (Phi) is 4.66. The smallest absolute Gasteiger partial charge is 0.251 e. The van der Waals surface area contributed by atoms with Gasteiger partial charge in [0.2, 0.25) is 0 Å². The van der Waals surface area contributed by atoms with Crippen molar-refractivity contribution in [3.05, 3.63) is 48.0 Å². The molecule has 0 fully saturated rings. The Morgan fingerprint density at radius 1 is 1.14 bits per heavy atom. The van der Waals surface area contributed by atoms with Crippen molar-refractivity contribution in [2.75, 3.05) is 19.4 Å². The SMILES string of the molecule is CCOc1ccc(Oc2cc(C(=O)NC)ccc2N)cc1. The van der Waals surface area contributed by atoms with Gasteiger partial charge >= 0.3 is 0 Å². The first kappa shape index (κ1) is 14.7. The lowest BCUT2D eigenvalue weighted by molar-refractivity contribution is 0.0963. The molecule has 0 heterocycles. The van der Waals surface area contributed by atoms with Gasteiger partial charge < -0.3 is 20.5 Å². The Balaban J connectivity index is 2.20. The van der Waals surface area contributed by atoms with Crippen molar-refractivity contribution in [1.29, 1.82) is 0 Å². The summed E-state index contributed by atoms with van der Waals surface area (Å²) in [6, 6.07) is 12.1. The van der Waals surface area contributed by atoms with Crippen LogP contribution in [0.1, 0.15) is 17.3 Å². The zero-order valence-electron chi connectivity index (χ0n) is 12.1. The third-order valence-corrected chi connectivity index (χ3v) is 2.87. The Morgan fingerprint density at radius 2 is 1.81 bits per heavy atom. The second-order valence-electron chi connectivity index (χ2n) is 4.34. The summed E-state index contributed by atoms with van der Waals surface area (Å²) < 4.78 is 11.1. The van der Waals surface area contributed by atoms with Crippen LogP contribution in [0, 0.1) is 0 Å². The van der Waals surface area contributed by atoms with Crippen LogP contribution in [0.4, 0.5) is 5.69 Å². The number of amides is 1. The van der Waals surface area contributed by atoms with Gasteiger partial charge in [-0.2, -0.15) is 0 Å². The third-order valence-electron chi connectivity index (χ3n) is 2.87. The highest BCUT2D eigenvalue weighted by atomic mass is 16.5. The quantitative estimate of drug-likeness (QED) is 0.829. The molecule has 0 unspecified atom stereocenters. The van der Waals surface area contributed by atoms with Crippen LogP contribution in [-0.4, -0.2) is 19.6 Å². The lowest BCUT2D eigenvalue weighted by Crippen LogP contribution is -2.17. The van der Waals surface area contributed by atoms with Crippen LogP contribution in [0.5, 0.6) is 17.2 Å². The van der Waals surface area contributed by atoms with E-state index in [1.165, 1.54) is 0 Å². The summed E-state index contributed by atoms with van der Waals surface area (Å²) in [4.78, 5) is 11.6. The van der Waals surface area contributed by atoms with Crippen LogP contribution in [0.2, 0.25) is 0 Å². The van der Waals surface area contributed by atoms with E-state index >= 15 is 0 Å². The maximum Gasteiger partial charge on any atom is 0.251 e. The lowest BCUT2D eigenvalue weighted by Gasteiger charge is -2.11. The number of carbonyl (C=O) groups excluding carboxylic acids is 1. The maximum atomic E-state index is 11.6. The molecule has 2 aromatic rings. The lowest BCUT2D eigenvalue weighted by atomic mass is 10.2. The fourth-order valence-electron chi connectivity index (χ4n) is 1.81. The molecule has 3 N–H and O–H groups in total. The fourth-order valence-corrected chi connectivity index (χ4v) is 1.81. The number of ether oxygens (including phenoxy) is 2. The topological polar surface area (TPSA) is 73.6 Å². The Morgan fingerprint density at radius 3 is 2.43 bits per heavy atom. The summed E-state index contributed by atoms with van der Waals surface area (Å²) in [5, 5.41) is 2.56. The molecule has 110 valence electrons. The van der Waals surface area contributed by atoms with Crippen LogP contribution in [0.25, 0.3) is 0 Å². The van der Waals surface area contributed by atoms with E-state index in [1.807, 2.05) is 19.1 Å². The molecule has 5 heteroatoms. The van der Waals surface area contributed by atoms with Crippen molar-refractivity contribution in [2.45, 2.75) is 6.92 Å². The molecular weight excluding hydrogens is 268 g/mol. The van der Waals surface area contributed by atoms with Crippen molar-refractivity contribution in [1.82, 2.24) is 5.32 Å². The molecule has 1 amide bonds. The Labute approximate surface area is 123 Å². The third kappa shape index (κ3) is 3.66. The van der Waals surface area contributed by atoms with Crippen molar-refractivity contribution < 1.29 is 14.3 Å². The molecule has 0 aliphatic carbocycles. The highest BCUT2D eigenvalue weighted by molar-refractivity contribution is 5.95. The zero-order valence-corrected chi connectivity index (χ0v) is 12.1. The van der Waals surface area contributed by atoms with Gasteiger partial charge in [-0.3, -0.25) is 4.79 Å². The summed E-state index contributed by atoms with van der Waals surface area (Å²) >= 11 is 0. The number of nitrogens with one attached hydrogen (secondary N) is 1. The number of anilines is 1. The standard InChI is InChI=1S/C16H18N2O3/c1-3-20-12-5-7-13(8-6-12)21-15-10-11(16(19)18-2)4-9-14(15)17/h4-10H,3,17H2,1-2H3,(H,18,19). The molecule has 0 spiro atoms. The van der Waals surface area contributed by atoms with E-state index in [-0.39, 0.29) is 5.91 Å². The molecule has 0 saturated heterocycles. The first-order valence-corrected chi connectivity index (χ1v) is 6.66. The molecule has 21 heavy (non-hydrogen) atoms. The molecule has 2 aromatic carbocycles. The van der Waals surface area contributed by atoms with Gasteiger partial charge in [0.15, 0.2) is 5.75 Å². The largest absolute Gasteiger partial charge is 0.494 e. The molecule has 0 saturated carbocycles. The number of benzene rings is 2. The van der Waals surface area contributed by atoms with E-state index in [4.69, 9.17) is 15.2 Å². The fraction of sp³-hybridized carbons (Fsp3) is 0.188.